The molecule has 1 aliphatic carbocycles. The van der Waals surface area contributed by atoms with Crippen LogP contribution in [0.3, 0.4) is 0 Å². The highest BCUT2D eigenvalue weighted by molar-refractivity contribution is 6.01. The SMILES string of the molecule is COc1ccc(C(=O)C2(CO)CCC2)cc1F. The maximum atomic E-state index is 13.5. The summed E-state index contributed by atoms with van der Waals surface area (Å²) in [6.45, 7) is -0.167. The third kappa shape index (κ3) is 1.93. The highest BCUT2D eigenvalue weighted by Gasteiger charge is 2.43. The zero-order valence-corrected chi connectivity index (χ0v) is 9.70. The van der Waals surface area contributed by atoms with E-state index < -0.39 is 11.2 Å². The van der Waals surface area contributed by atoms with E-state index in [4.69, 9.17) is 4.74 Å². The summed E-state index contributed by atoms with van der Waals surface area (Å²) in [6, 6.07) is 4.16. The van der Waals surface area contributed by atoms with Crippen LogP contribution < -0.4 is 4.74 Å². The van der Waals surface area contributed by atoms with E-state index >= 15 is 0 Å². The Morgan fingerprint density at radius 1 is 1.53 bits per heavy atom. The van der Waals surface area contributed by atoms with Crippen molar-refractivity contribution < 1.29 is 19.0 Å². The van der Waals surface area contributed by atoms with E-state index in [1.165, 1.54) is 19.2 Å². The van der Waals surface area contributed by atoms with Crippen molar-refractivity contribution >= 4 is 5.78 Å². The van der Waals surface area contributed by atoms with Crippen molar-refractivity contribution in [2.24, 2.45) is 5.41 Å². The molecule has 1 aromatic carbocycles. The molecule has 1 N–H and O–H groups in total. The van der Waals surface area contributed by atoms with Gasteiger partial charge in [0.2, 0.25) is 0 Å². The van der Waals surface area contributed by atoms with Gasteiger partial charge in [0.05, 0.1) is 19.1 Å². The lowest BCUT2D eigenvalue weighted by Gasteiger charge is -2.38. The highest BCUT2D eigenvalue weighted by atomic mass is 19.1. The largest absolute Gasteiger partial charge is 0.494 e. The Balaban J connectivity index is 2.28. The number of ketones is 1. The number of benzene rings is 1. The lowest BCUT2D eigenvalue weighted by Crippen LogP contribution is -2.41. The van der Waals surface area contributed by atoms with E-state index in [9.17, 15) is 14.3 Å². The summed E-state index contributed by atoms with van der Waals surface area (Å²) in [4.78, 5) is 12.2. The third-order valence-electron chi connectivity index (χ3n) is 3.51. The summed E-state index contributed by atoms with van der Waals surface area (Å²) < 4.78 is 18.3. The summed E-state index contributed by atoms with van der Waals surface area (Å²) in [7, 11) is 1.38. The first kappa shape index (κ1) is 12.0. The molecule has 0 aromatic heterocycles. The van der Waals surface area contributed by atoms with Crippen LogP contribution in [0.15, 0.2) is 18.2 Å². The van der Waals surface area contributed by atoms with Crippen LogP contribution >= 0.6 is 0 Å². The number of aliphatic hydroxyl groups excluding tert-OH is 1. The molecule has 0 heterocycles. The van der Waals surface area contributed by atoms with Gasteiger partial charge in [-0.3, -0.25) is 4.79 Å². The first-order valence-electron chi connectivity index (χ1n) is 5.62. The fraction of sp³-hybridized carbons (Fsp3) is 0.462. The second-order valence-electron chi connectivity index (χ2n) is 4.47. The fourth-order valence-corrected chi connectivity index (χ4v) is 2.17. The lowest BCUT2D eigenvalue weighted by atomic mass is 9.65. The van der Waals surface area contributed by atoms with Gasteiger partial charge in [-0.1, -0.05) is 6.42 Å². The molecule has 0 atom stereocenters. The number of carbonyl (C=O) groups is 1. The number of methoxy groups -OCH3 is 1. The molecule has 2 rings (SSSR count). The molecular formula is C13H15FO3. The zero-order valence-electron chi connectivity index (χ0n) is 9.70. The highest BCUT2D eigenvalue weighted by Crippen LogP contribution is 2.43. The number of hydrogen-bond donors (Lipinski definition) is 1. The first-order chi connectivity index (χ1) is 8.13. The predicted molar refractivity (Wildman–Crippen MR) is 60.7 cm³/mol. The maximum Gasteiger partial charge on any atom is 0.171 e. The predicted octanol–water partition coefficient (Wildman–Crippen LogP) is 2.18. The molecule has 0 spiro atoms. The molecule has 1 fully saturated rings. The molecular weight excluding hydrogens is 223 g/mol. The van der Waals surface area contributed by atoms with Crippen LogP contribution in [-0.2, 0) is 0 Å². The van der Waals surface area contributed by atoms with E-state index in [1.54, 1.807) is 6.07 Å². The Labute approximate surface area is 99.2 Å². The molecule has 1 aliphatic rings. The first-order valence-corrected chi connectivity index (χ1v) is 5.62. The van der Waals surface area contributed by atoms with Crippen LogP contribution in [0.25, 0.3) is 0 Å². The minimum Gasteiger partial charge on any atom is -0.494 e. The number of ether oxygens (including phenoxy) is 1. The van der Waals surface area contributed by atoms with Gasteiger partial charge < -0.3 is 9.84 Å². The smallest absolute Gasteiger partial charge is 0.171 e. The van der Waals surface area contributed by atoms with Crippen molar-refractivity contribution in [3.05, 3.63) is 29.6 Å². The van der Waals surface area contributed by atoms with E-state index in [-0.39, 0.29) is 18.1 Å². The van der Waals surface area contributed by atoms with Crippen LogP contribution in [0.2, 0.25) is 0 Å². The number of Topliss-reactive ketones (excluding diaryl/α,β-unsaturated/α-hetero) is 1. The van der Waals surface area contributed by atoms with E-state index in [0.29, 0.717) is 18.4 Å². The average molecular weight is 238 g/mol. The molecule has 1 saturated carbocycles. The van der Waals surface area contributed by atoms with Crippen molar-refractivity contribution in [1.29, 1.82) is 0 Å². The molecule has 4 heteroatoms. The van der Waals surface area contributed by atoms with Gasteiger partial charge in [0.1, 0.15) is 0 Å². The molecule has 3 nitrogen and oxygen atoms in total. The van der Waals surface area contributed by atoms with E-state index in [2.05, 4.69) is 0 Å². The third-order valence-corrected chi connectivity index (χ3v) is 3.51. The topological polar surface area (TPSA) is 46.5 Å². The molecule has 17 heavy (non-hydrogen) atoms. The summed E-state index contributed by atoms with van der Waals surface area (Å²) in [5, 5.41) is 9.30. The number of rotatable bonds is 4. The molecule has 0 aliphatic heterocycles. The Kier molecular flexibility index (Phi) is 3.15. The standard InChI is InChI=1S/C13H15FO3/c1-17-11-4-3-9(7-10(11)14)12(16)13(8-15)5-2-6-13/h3-4,7,15H,2,5-6,8H2,1H3. The van der Waals surface area contributed by atoms with Gasteiger partial charge in [-0.05, 0) is 31.0 Å². The van der Waals surface area contributed by atoms with Gasteiger partial charge >= 0.3 is 0 Å². The van der Waals surface area contributed by atoms with Crippen molar-refractivity contribution in [2.75, 3.05) is 13.7 Å². The lowest BCUT2D eigenvalue weighted by molar-refractivity contribution is 0.0347. The Morgan fingerprint density at radius 2 is 2.24 bits per heavy atom. The van der Waals surface area contributed by atoms with Gasteiger partial charge in [0.25, 0.3) is 0 Å². The van der Waals surface area contributed by atoms with Crippen LogP contribution in [0, 0.1) is 11.2 Å². The van der Waals surface area contributed by atoms with Gasteiger partial charge in [-0.25, -0.2) is 4.39 Å². The number of hydrogen-bond acceptors (Lipinski definition) is 3. The summed E-state index contributed by atoms with van der Waals surface area (Å²) in [6.07, 6.45) is 2.29. The Morgan fingerprint density at radius 3 is 2.65 bits per heavy atom. The molecule has 1 aromatic rings. The Bertz CT molecular complexity index is 433. The van der Waals surface area contributed by atoms with Crippen LogP contribution in [0.1, 0.15) is 29.6 Å². The van der Waals surface area contributed by atoms with E-state index in [1.807, 2.05) is 0 Å². The molecule has 0 amide bonds. The van der Waals surface area contributed by atoms with Crippen molar-refractivity contribution in [3.8, 4) is 5.75 Å². The second kappa shape index (κ2) is 4.45. The average Bonchev–Trinajstić information content (AvgIpc) is 2.28. The number of aliphatic hydroxyl groups is 1. The fourth-order valence-electron chi connectivity index (χ4n) is 2.17. The van der Waals surface area contributed by atoms with Gasteiger partial charge in [0, 0.05) is 5.56 Å². The van der Waals surface area contributed by atoms with E-state index in [0.717, 1.165) is 6.42 Å². The van der Waals surface area contributed by atoms with Crippen LogP contribution in [-0.4, -0.2) is 24.6 Å². The monoisotopic (exact) mass is 238 g/mol. The van der Waals surface area contributed by atoms with Crippen molar-refractivity contribution in [1.82, 2.24) is 0 Å². The maximum absolute atomic E-state index is 13.5. The molecule has 0 unspecified atom stereocenters. The molecule has 0 bridgehead atoms. The molecule has 0 saturated heterocycles. The van der Waals surface area contributed by atoms with Crippen molar-refractivity contribution in [3.63, 3.8) is 0 Å². The van der Waals surface area contributed by atoms with Crippen LogP contribution in [0.5, 0.6) is 5.75 Å². The zero-order chi connectivity index (χ0) is 12.5. The minimum atomic E-state index is -0.680. The van der Waals surface area contributed by atoms with Gasteiger partial charge in [-0.15, -0.1) is 0 Å². The normalized spacial score (nSPS) is 17.4. The number of halogens is 1. The molecule has 0 radical (unpaired) electrons. The van der Waals surface area contributed by atoms with Gasteiger partial charge in [0.15, 0.2) is 17.3 Å². The molecule has 92 valence electrons. The van der Waals surface area contributed by atoms with Crippen LogP contribution in [0.4, 0.5) is 4.39 Å². The Hall–Kier alpha value is -1.42. The second-order valence-corrected chi connectivity index (χ2v) is 4.47. The summed E-state index contributed by atoms with van der Waals surface area (Å²) >= 11 is 0. The quantitative estimate of drug-likeness (QED) is 0.818. The number of carbonyl (C=O) groups excluding carboxylic acids is 1. The summed E-state index contributed by atoms with van der Waals surface area (Å²) in [5.74, 6) is -0.605. The summed E-state index contributed by atoms with van der Waals surface area (Å²) in [5.41, 5.74) is -0.377. The minimum absolute atomic E-state index is 0.119. The van der Waals surface area contributed by atoms with Crippen molar-refractivity contribution in [2.45, 2.75) is 19.3 Å². The van der Waals surface area contributed by atoms with Gasteiger partial charge in [-0.2, -0.15) is 0 Å².